The summed E-state index contributed by atoms with van der Waals surface area (Å²) < 4.78 is 16.2. The maximum atomic E-state index is 11.4. The zero-order valence-corrected chi connectivity index (χ0v) is 15.1. The smallest absolute Gasteiger partial charge is 0.305 e. The number of carbonyl (C=O) groups excluding carboxylic acids is 2. The molecule has 2 bridgehead atoms. The van der Waals surface area contributed by atoms with E-state index >= 15 is 0 Å². The lowest BCUT2D eigenvalue weighted by molar-refractivity contribution is -0.147. The van der Waals surface area contributed by atoms with E-state index in [1.165, 1.54) is 14.0 Å². The van der Waals surface area contributed by atoms with Crippen molar-refractivity contribution in [2.45, 2.75) is 71.6 Å². The average molecular weight is 337 g/mol. The van der Waals surface area contributed by atoms with Gasteiger partial charge in [0.2, 0.25) is 5.90 Å². The van der Waals surface area contributed by atoms with E-state index in [1.54, 1.807) is 0 Å². The van der Waals surface area contributed by atoms with Crippen molar-refractivity contribution >= 4 is 17.8 Å². The second-order valence-corrected chi connectivity index (χ2v) is 7.99. The number of carbonyl (C=O) groups is 2. The van der Waals surface area contributed by atoms with Crippen molar-refractivity contribution in [2.75, 3.05) is 7.11 Å². The van der Waals surface area contributed by atoms with Crippen molar-refractivity contribution < 1.29 is 23.8 Å². The summed E-state index contributed by atoms with van der Waals surface area (Å²) in [5.41, 5.74) is 0.275. The Labute approximate surface area is 142 Å². The van der Waals surface area contributed by atoms with Gasteiger partial charge in [-0.1, -0.05) is 20.8 Å². The van der Waals surface area contributed by atoms with Gasteiger partial charge >= 0.3 is 11.9 Å². The molecule has 0 saturated heterocycles. The molecule has 0 amide bonds. The first kappa shape index (κ1) is 17.2. The lowest BCUT2D eigenvalue weighted by atomic mass is 9.70. The minimum Gasteiger partial charge on any atom is -0.472 e. The van der Waals surface area contributed by atoms with Crippen LogP contribution in [-0.4, -0.2) is 43.2 Å². The number of nitrogens with zero attached hydrogens (tertiary/aromatic N) is 1. The fourth-order valence-corrected chi connectivity index (χ4v) is 4.86. The van der Waals surface area contributed by atoms with Crippen molar-refractivity contribution in [3.63, 3.8) is 0 Å². The Bertz CT molecular complexity index is 584. The molecule has 134 valence electrons. The van der Waals surface area contributed by atoms with Gasteiger partial charge in [-0.05, 0) is 24.2 Å². The Morgan fingerprint density at radius 3 is 2.67 bits per heavy atom. The monoisotopic (exact) mass is 337 g/mol. The molecule has 0 N–H and O–H groups in total. The molecule has 3 rings (SSSR count). The Morgan fingerprint density at radius 2 is 2.08 bits per heavy atom. The number of hydrogen-bond acceptors (Lipinski definition) is 6. The fourth-order valence-electron chi connectivity index (χ4n) is 4.86. The number of aliphatic imine (C=N–C) groups is 1. The second-order valence-electron chi connectivity index (χ2n) is 7.99. The molecule has 2 aliphatic carbocycles. The number of esters is 2. The number of fused-ring (bicyclic) bond motifs is 5. The summed E-state index contributed by atoms with van der Waals surface area (Å²) in [4.78, 5) is 27.6. The highest BCUT2D eigenvalue weighted by Gasteiger charge is 2.69. The third-order valence-corrected chi connectivity index (χ3v) is 6.67. The zero-order valence-electron chi connectivity index (χ0n) is 15.1. The van der Waals surface area contributed by atoms with Gasteiger partial charge in [-0.25, -0.2) is 4.99 Å². The first-order valence-electron chi connectivity index (χ1n) is 8.69. The van der Waals surface area contributed by atoms with Crippen molar-refractivity contribution in [3.05, 3.63) is 0 Å². The predicted molar refractivity (Wildman–Crippen MR) is 87.5 cm³/mol. The molecular formula is C18H27NO5. The molecule has 0 spiro atoms. The number of methoxy groups -OCH3 is 1. The Hall–Kier alpha value is -1.59. The SMILES string of the molecule is COC(=O)CC[C@@H](OC(C)=O)C1=N[C@@H]2[C@H]3CC[C@@](C)([C@@H]2O1)C3(C)C. The van der Waals surface area contributed by atoms with Gasteiger partial charge in [0.25, 0.3) is 0 Å². The molecule has 0 unspecified atom stereocenters. The molecule has 2 saturated carbocycles. The van der Waals surface area contributed by atoms with Crippen LogP contribution in [0.15, 0.2) is 4.99 Å². The topological polar surface area (TPSA) is 74.2 Å². The summed E-state index contributed by atoms with van der Waals surface area (Å²) in [5.74, 6) is 0.225. The molecular weight excluding hydrogens is 310 g/mol. The van der Waals surface area contributed by atoms with Gasteiger partial charge in [-0.2, -0.15) is 0 Å². The van der Waals surface area contributed by atoms with E-state index < -0.39 is 12.1 Å². The van der Waals surface area contributed by atoms with Gasteiger partial charge in [-0.3, -0.25) is 9.59 Å². The van der Waals surface area contributed by atoms with E-state index in [0.29, 0.717) is 18.2 Å². The summed E-state index contributed by atoms with van der Waals surface area (Å²) >= 11 is 0. The standard InChI is InChI=1S/C18H27NO5/c1-10(20)23-12(6-7-13(21)22-5)16-19-14-11-8-9-18(4,15(14)24-16)17(11,2)3/h11-12,14-15H,6-9H2,1-5H3/t11-,12-,14-,15-,18+/m1/s1. The molecule has 6 heteroatoms. The molecule has 0 aromatic rings. The van der Waals surface area contributed by atoms with Crippen molar-refractivity contribution in [3.8, 4) is 0 Å². The van der Waals surface area contributed by atoms with Crippen LogP contribution in [-0.2, 0) is 23.8 Å². The lowest BCUT2D eigenvalue weighted by Gasteiger charge is -2.38. The largest absolute Gasteiger partial charge is 0.472 e. The summed E-state index contributed by atoms with van der Waals surface area (Å²) in [5, 5.41) is 0. The van der Waals surface area contributed by atoms with Crippen molar-refractivity contribution in [1.82, 2.24) is 0 Å². The van der Waals surface area contributed by atoms with Crippen LogP contribution >= 0.6 is 0 Å². The molecule has 24 heavy (non-hydrogen) atoms. The van der Waals surface area contributed by atoms with Crippen LogP contribution in [0, 0.1) is 16.7 Å². The Balaban J connectivity index is 1.78. The second kappa shape index (κ2) is 5.74. The molecule has 5 atom stereocenters. The normalized spacial score (nSPS) is 36.5. The zero-order chi connectivity index (χ0) is 17.7. The summed E-state index contributed by atoms with van der Waals surface area (Å²) in [6.07, 6.45) is 2.21. The third-order valence-electron chi connectivity index (χ3n) is 6.67. The molecule has 6 nitrogen and oxygen atoms in total. The van der Waals surface area contributed by atoms with Crippen LogP contribution in [0.2, 0.25) is 0 Å². The van der Waals surface area contributed by atoms with Crippen molar-refractivity contribution in [2.24, 2.45) is 21.7 Å². The molecule has 0 aromatic carbocycles. The van der Waals surface area contributed by atoms with Gasteiger partial charge in [0, 0.05) is 25.2 Å². The minimum absolute atomic E-state index is 0.0393. The third kappa shape index (κ3) is 2.42. The first-order valence-corrected chi connectivity index (χ1v) is 8.69. The van der Waals surface area contributed by atoms with Crippen LogP contribution in [0.25, 0.3) is 0 Å². The summed E-state index contributed by atoms with van der Waals surface area (Å²) in [6.45, 7) is 8.26. The Kier molecular flexibility index (Phi) is 4.12. The van der Waals surface area contributed by atoms with Crippen LogP contribution in [0.5, 0.6) is 0 Å². The minimum atomic E-state index is -0.613. The van der Waals surface area contributed by atoms with Gasteiger partial charge in [0.15, 0.2) is 6.10 Å². The van der Waals surface area contributed by atoms with E-state index in [9.17, 15) is 9.59 Å². The van der Waals surface area contributed by atoms with Gasteiger partial charge in [0.05, 0.1) is 13.2 Å². The maximum absolute atomic E-state index is 11.4. The van der Waals surface area contributed by atoms with Crippen LogP contribution in [0.3, 0.4) is 0 Å². The highest BCUT2D eigenvalue weighted by Crippen LogP contribution is 2.68. The molecule has 3 aliphatic rings. The average Bonchev–Trinajstić information content (AvgIpc) is 3.09. The molecule has 1 heterocycles. The van der Waals surface area contributed by atoms with Crippen LogP contribution < -0.4 is 0 Å². The van der Waals surface area contributed by atoms with E-state index in [4.69, 9.17) is 14.5 Å². The molecule has 1 aliphatic heterocycles. The van der Waals surface area contributed by atoms with E-state index in [1.807, 2.05) is 0 Å². The highest BCUT2D eigenvalue weighted by atomic mass is 16.6. The Morgan fingerprint density at radius 1 is 1.38 bits per heavy atom. The quantitative estimate of drug-likeness (QED) is 0.721. The predicted octanol–water partition coefficient (Wildman–Crippen LogP) is 2.49. The summed E-state index contributed by atoms with van der Waals surface area (Å²) in [7, 11) is 1.35. The van der Waals surface area contributed by atoms with Gasteiger partial charge < -0.3 is 14.2 Å². The number of hydrogen-bond donors (Lipinski definition) is 0. The maximum Gasteiger partial charge on any atom is 0.305 e. The van der Waals surface area contributed by atoms with Crippen LogP contribution in [0.4, 0.5) is 0 Å². The lowest BCUT2D eigenvalue weighted by Crippen LogP contribution is -2.40. The molecule has 0 radical (unpaired) electrons. The first-order chi connectivity index (χ1) is 11.2. The molecule has 2 fully saturated rings. The van der Waals surface area contributed by atoms with Gasteiger partial charge in [-0.15, -0.1) is 0 Å². The van der Waals surface area contributed by atoms with E-state index in [-0.39, 0.29) is 35.4 Å². The number of ether oxygens (including phenoxy) is 3. The van der Waals surface area contributed by atoms with E-state index in [2.05, 4.69) is 25.5 Å². The van der Waals surface area contributed by atoms with Crippen LogP contribution in [0.1, 0.15) is 53.4 Å². The fraction of sp³-hybridized carbons (Fsp3) is 0.833. The summed E-state index contributed by atoms with van der Waals surface area (Å²) in [6, 6.07) is 0.130. The van der Waals surface area contributed by atoms with E-state index in [0.717, 1.165) is 12.8 Å². The molecule has 0 aromatic heterocycles. The van der Waals surface area contributed by atoms with Gasteiger partial charge in [0.1, 0.15) is 6.10 Å². The number of rotatable bonds is 5. The van der Waals surface area contributed by atoms with Crippen molar-refractivity contribution in [1.29, 1.82) is 0 Å². The highest BCUT2D eigenvalue weighted by molar-refractivity contribution is 5.86.